The summed E-state index contributed by atoms with van der Waals surface area (Å²) < 4.78 is 0. The van der Waals surface area contributed by atoms with Crippen LogP contribution < -0.4 is 5.32 Å². The predicted molar refractivity (Wildman–Crippen MR) is 82.6 cm³/mol. The van der Waals surface area contributed by atoms with Gasteiger partial charge in [-0.05, 0) is 55.3 Å². The maximum Gasteiger partial charge on any atom is 0.0236 e. The highest BCUT2D eigenvalue weighted by Crippen LogP contribution is 2.35. The summed E-state index contributed by atoms with van der Waals surface area (Å²) in [5.74, 6) is 1.77. The second kappa shape index (κ2) is 5.86. The van der Waals surface area contributed by atoms with Gasteiger partial charge in [0.05, 0.1) is 0 Å². The van der Waals surface area contributed by atoms with E-state index in [1.54, 1.807) is 0 Å². The Bertz CT molecular complexity index is 417. The van der Waals surface area contributed by atoms with Crippen molar-refractivity contribution in [2.24, 2.45) is 11.8 Å². The predicted octanol–water partition coefficient (Wildman–Crippen LogP) is 2.84. The zero-order valence-corrected chi connectivity index (χ0v) is 12.7. The van der Waals surface area contributed by atoms with Crippen LogP contribution in [0.15, 0.2) is 29.2 Å². The SMILES string of the molecule is CCC1C2CNCC2CN1Cc1ccc(SC)cc1. The van der Waals surface area contributed by atoms with E-state index in [9.17, 15) is 0 Å². The minimum absolute atomic E-state index is 0.778. The van der Waals surface area contributed by atoms with Gasteiger partial charge in [0.1, 0.15) is 0 Å². The molecule has 2 nitrogen and oxygen atoms in total. The maximum absolute atomic E-state index is 3.56. The van der Waals surface area contributed by atoms with Crippen molar-refractivity contribution >= 4 is 11.8 Å². The summed E-state index contributed by atoms with van der Waals surface area (Å²) in [5, 5.41) is 3.56. The molecule has 0 saturated carbocycles. The van der Waals surface area contributed by atoms with Crippen molar-refractivity contribution in [1.29, 1.82) is 0 Å². The van der Waals surface area contributed by atoms with Gasteiger partial charge in [0.2, 0.25) is 0 Å². The van der Waals surface area contributed by atoms with Crippen LogP contribution in [0.4, 0.5) is 0 Å². The van der Waals surface area contributed by atoms with Crippen LogP contribution in [0.1, 0.15) is 18.9 Å². The van der Waals surface area contributed by atoms with E-state index in [-0.39, 0.29) is 0 Å². The first-order chi connectivity index (χ1) is 9.31. The van der Waals surface area contributed by atoms with Crippen molar-refractivity contribution in [2.75, 3.05) is 25.9 Å². The van der Waals surface area contributed by atoms with E-state index >= 15 is 0 Å². The first-order valence-corrected chi connectivity index (χ1v) is 8.62. The lowest BCUT2D eigenvalue weighted by atomic mass is 9.93. The van der Waals surface area contributed by atoms with E-state index in [2.05, 4.69) is 47.7 Å². The largest absolute Gasteiger partial charge is 0.316 e. The van der Waals surface area contributed by atoms with E-state index in [0.29, 0.717) is 0 Å². The molecular weight excluding hydrogens is 252 g/mol. The lowest BCUT2D eigenvalue weighted by molar-refractivity contribution is 0.210. The smallest absolute Gasteiger partial charge is 0.0236 e. The fourth-order valence-corrected chi connectivity index (χ4v) is 4.23. The van der Waals surface area contributed by atoms with Gasteiger partial charge in [-0.2, -0.15) is 0 Å². The van der Waals surface area contributed by atoms with Crippen LogP contribution in [-0.4, -0.2) is 36.8 Å². The standard InChI is InChI=1S/C16H24N2S/c1-3-16-15-9-17-8-13(15)11-18(16)10-12-4-6-14(19-2)7-5-12/h4-7,13,15-17H,3,8-11H2,1-2H3. The number of thioether (sulfide) groups is 1. The topological polar surface area (TPSA) is 15.3 Å². The van der Waals surface area contributed by atoms with Gasteiger partial charge >= 0.3 is 0 Å². The second-order valence-corrected chi connectivity index (χ2v) is 6.71. The van der Waals surface area contributed by atoms with Crippen LogP contribution in [0.5, 0.6) is 0 Å². The molecule has 0 aliphatic carbocycles. The summed E-state index contributed by atoms with van der Waals surface area (Å²) in [5.41, 5.74) is 1.46. The molecule has 0 radical (unpaired) electrons. The monoisotopic (exact) mass is 276 g/mol. The first kappa shape index (κ1) is 13.5. The fraction of sp³-hybridized carbons (Fsp3) is 0.625. The number of hydrogen-bond donors (Lipinski definition) is 1. The molecule has 3 heteroatoms. The van der Waals surface area contributed by atoms with Crippen molar-refractivity contribution in [1.82, 2.24) is 10.2 Å². The van der Waals surface area contributed by atoms with E-state index in [1.165, 1.54) is 36.5 Å². The lowest BCUT2D eigenvalue weighted by Gasteiger charge is -2.26. The molecule has 2 aliphatic heterocycles. The molecule has 0 bridgehead atoms. The Morgan fingerprint density at radius 1 is 1.26 bits per heavy atom. The van der Waals surface area contributed by atoms with Crippen LogP contribution in [0.3, 0.4) is 0 Å². The molecule has 0 spiro atoms. The van der Waals surface area contributed by atoms with Crippen molar-refractivity contribution in [3.8, 4) is 0 Å². The number of nitrogens with one attached hydrogen (secondary N) is 1. The van der Waals surface area contributed by atoms with Crippen LogP contribution in [0.2, 0.25) is 0 Å². The molecule has 2 fully saturated rings. The normalized spacial score (nSPS) is 30.7. The second-order valence-electron chi connectivity index (χ2n) is 5.84. The third-order valence-corrected chi connectivity index (χ3v) is 5.53. The highest BCUT2D eigenvalue weighted by molar-refractivity contribution is 7.98. The van der Waals surface area contributed by atoms with E-state index in [1.807, 2.05) is 11.8 Å². The summed E-state index contributed by atoms with van der Waals surface area (Å²) in [6.07, 6.45) is 3.42. The van der Waals surface area contributed by atoms with E-state index in [0.717, 1.165) is 24.4 Å². The van der Waals surface area contributed by atoms with Gasteiger partial charge in [-0.25, -0.2) is 0 Å². The minimum Gasteiger partial charge on any atom is -0.316 e. The molecular formula is C16H24N2S. The zero-order valence-electron chi connectivity index (χ0n) is 11.9. The fourth-order valence-electron chi connectivity index (χ4n) is 3.82. The Hall–Kier alpha value is -0.510. The maximum atomic E-state index is 3.56. The number of fused-ring (bicyclic) bond motifs is 1. The molecule has 0 aromatic heterocycles. The van der Waals surface area contributed by atoms with Crippen molar-refractivity contribution in [3.05, 3.63) is 29.8 Å². The van der Waals surface area contributed by atoms with E-state index < -0.39 is 0 Å². The van der Waals surface area contributed by atoms with Gasteiger partial charge in [0.25, 0.3) is 0 Å². The van der Waals surface area contributed by atoms with Crippen molar-refractivity contribution < 1.29 is 0 Å². The average Bonchev–Trinajstić information content (AvgIpc) is 3.00. The molecule has 2 heterocycles. The van der Waals surface area contributed by atoms with Crippen LogP contribution in [-0.2, 0) is 6.54 Å². The highest BCUT2D eigenvalue weighted by Gasteiger charge is 2.42. The summed E-state index contributed by atoms with van der Waals surface area (Å²) in [7, 11) is 0. The Kier molecular flexibility index (Phi) is 4.15. The Balaban J connectivity index is 1.68. The summed E-state index contributed by atoms with van der Waals surface area (Å²) in [4.78, 5) is 4.07. The molecule has 19 heavy (non-hydrogen) atoms. The highest BCUT2D eigenvalue weighted by atomic mass is 32.2. The van der Waals surface area contributed by atoms with Crippen LogP contribution in [0.25, 0.3) is 0 Å². The number of likely N-dealkylation sites (tertiary alicyclic amines) is 1. The molecule has 0 amide bonds. The molecule has 1 aromatic rings. The summed E-state index contributed by atoms with van der Waals surface area (Å²) in [6, 6.07) is 9.87. The molecule has 3 unspecified atom stereocenters. The van der Waals surface area contributed by atoms with Gasteiger partial charge in [-0.1, -0.05) is 19.1 Å². The minimum atomic E-state index is 0.778. The third-order valence-electron chi connectivity index (χ3n) is 4.79. The Morgan fingerprint density at radius 2 is 2.05 bits per heavy atom. The van der Waals surface area contributed by atoms with Gasteiger partial charge < -0.3 is 5.32 Å². The Morgan fingerprint density at radius 3 is 2.74 bits per heavy atom. The molecule has 1 aromatic carbocycles. The number of nitrogens with zero attached hydrogens (tertiary/aromatic N) is 1. The van der Waals surface area contributed by atoms with Gasteiger partial charge in [-0.15, -0.1) is 11.8 Å². The molecule has 3 rings (SSSR count). The summed E-state index contributed by atoms with van der Waals surface area (Å²) in [6.45, 7) is 7.20. The van der Waals surface area contributed by atoms with Crippen LogP contribution >= 0.6 is 11.8 Å². The quantitative estimate of drug-likeness (QED) is 0.851. The van der Waals surface area contributed by atoms with Crippen molar-refractivity contribution in [3.63, 3.8) is 0 Å². The molecule has 2 saturated heterocycles. The molecule has 1 N–H and O–H groups in total. The lowest BCUT2D eigenvalue weighted by Crippen LogP contribution is -2.34. The summed E-state index contributed by atoms with van der Waals surface area (Å²) >= 11 is 1.82. The van der Waals surface area contributed by atoms with Crippen LogP contribution in [0, 0.1) is 11.8 Å². The van der Waals surface area contributed by atoms with Crippen molar-refractivity contribution in [2.45, 2.75) is 30.8 Å². The molecule has 104 valence electrons. The first-order valence-electron chi connectivity index (χ1n) is 7.39. The Labute approximate surface area is 121 Å². The van der Waals surface area contributed by atoms with Gasteiger partial charge in [0.15, 0.2) is 0 Å². The number of hydrogen-bond acceptors (Lipinski definition) is 3. The van der Waals surface area contributed by atoms with Gasteiger partial charge in [0, 0.05) is 24.0 Å². The van der Waals surface area contributed by atoms with E-state index in [4.69, 9.17) is 0 Å². The molecule has 3 atom stereocenters. The average molecular weight is 276 g/mol. The third kappa shape index (κ3) is 2.69. The number of benzene rings is 1. The van der Waals surface area contributed by atoms with Gasteiger partial charge in [-0.3, -0.25) is 4.90 Å². The zero-order chi connectivity index (χ0) is 13.2. The number of rotatable bonds is 4. The molecule has 2 aliphatic rings.